The second kappa shape index (κ2) is 9.47. The molecule has 0 aliphatic heterocycles. The van der Waals surface area contributed by atoms with Crippen LogP contribution in [0.25, 0.3) is 16.8 Å². The maximum absolute atomic E-state index is 12.2. The van der Waals surface area contributed by atoms with Gasteiger partial charge in [0.15, 0.2) is 5.82 Å². The molecule has 0 saturated carbocycles. The molecule has 0 aliphatic rings. The van der Waals surface area contributed by atoms with E-state index in [2.05, 4.69) is 20.8 Å². The summed E-state index contributed by atoms with van der Waals surface area (Å²) in [6.45, 7) is 5.34. The van der Waals surface area contributed by atoms with Crippen LogP contribution in [0.15, 0.2) is 42.5 Å². The van der Waals surface area contributed by atoms with Crippen LogP contribution in [-0.4, -0.2) is 51.2 Å². The molecule has 2 N–H and O–H groups in total. The van der Waals surface area contributed by atoms with E-state index < -0.39 is 12.1 Å². The summed E-state index contributed by atoms with van der Waals surface area (Å²) in [5.74, 6) is 0.833. The van der Waals surface area contributed by atoms with E-state index in [1.807, 2.05) is 44.2 Å². The molecule has 0 bridgehead atoms. The molecular weight excluding hydrogens is 386 g/mol. The van der Waals surface area contributed by atoms with Crippen molar-refractivity contribution in [3.05, 3.63) is 53.9 Å². The third kappa shape index (κ3) is 5.00. The van der Waals surface area contributed by atoms with Crippen LogP contribution in [0, 0.1) is 6.92 Å². The van der Waals surface area contributed by atoms with E-state index in [0.717, 1.165) is 16.7 Å². The standard InChI is InChI=1S/C21H25N5O4/c1-13-5-7-16(8-6-13)17-9-18(26-20(15(3)29-4)23-24-25-26)11-19(10-17)30-21(28)22-14(2)12-27/h5-11,14-15,27H,12H2,1-4H3,(H,22,28)/t14-,15+/m0/s1. The van der Waals surface area contributed by atoms with Crippen LogP contribution >= 0.6 is 0 Å². The Labute approximate surface area is 174 Å². The van der Waals surface area contributed by atoms with E-state index >= 15 is 0 Å². The van der Waals surface area contributed by atoms with Crippen molar-refractivity contribution in [2.24, 2.45) is 0 Å². The number of aliphatic hydroxyl groups is 1. The Morgan fingerprint density at radius 1 is 1.17 bits per heavy atom. The molecule has 1 heterocycles. The second-order valence-electron chi connectivity index (χ2n) is 7.03. The molecule has 0 saturated heterocycles. The zero-order chi connectivity index (χ0) is 21.7. The number of aromatic nitrogens is 4. The fraction of sp³-hybridized carbons (Fsp3) is 0.333. The number of tetrazole rings is 1. The normalized spacial score (nSPS) is 13.0. The van der Waals surface area contributed by atoms with Crippen LogP contribution in [0.4, 0.5) is 4.79 Å². The van der Waals surface area contributed by atoms with Crippen molar-refractivity contribution in [2.75, 3.05) is 13.7 Å². The van der Waals surface area contributed by atoms with Gasteiger partial charge in [0, 0.05) is 13.2 Å². The largest absolute Gasteiger partial charge is 0.412 e. The zero-order valence-corrected chi connectivity index (χ0v) is 17.4. The van der Waals surface area contributed by atoms with Gasteiger partial charge >= 0.3 is 6.09 Å². The first-order valence-corrected chi connectivity index (χ1v) is 9.54. The number of carbonyl (C=O) groups excluding carboxylic acids is 1. The van der Waals surface area contributed by atoms with Crippen LogP contribution in [-0.2, 0) is 4.74 Å². The molecule has 0 radical (unpaired) electrons. The number of carbonyl (C=O) groups is 1. The first-order valence-electron chi connectivity index (χ1n) is 9.54. The molecule has 2 atom stereocenters. The van der Waals surface area contributed by atoms with Gasteiger partial charge in [-0.15, -0.1) is 5.10 Å². The molecule has 9 heteroatoms. The summed E-state index contributed by atoms with van der Waals surface area (Å²) in [5.41, 5.74) is 3.54. The van der Waals surface area contributed by atoms with Gasteiger partial charge in [-0.3, -0.25) is 0 Å². The smallest absolute Gasteiger partial charge is 0.410 e. The lowest BCUT2D eigenvalue weighted by atomic mass is 10.0. The van der Waals surface area contributed by atoms with Gasteiger partial charge in [0.25, 0.3) is 0 Å². The molecular formula is C21H25N5O4. The van der Waals surface area contributed by atoms with E-state index in [4.69, 9.17) is 14.6 Å². The topological polar surface area (TPSA) is 111 Å². The highest BCUT2D eigenvalue weighted by Gasteiger charge is 2.18. The fourth-order valence-corrected chi connectivity index (χ4v) is 2.80. The molecule has 3 aromatic rings. The summed E-state index contributed by atoms with van der Waals surface area (Å²) >= 11 is 0. The van der Waals surface area contributed by atoms with Crippen molar-refractivity contribution in [1.82, 2.24) is 25.5 Å². The minimum Gasteiger partial charge on any atom is -0.410 e. The quantitative estimate of drug-likeness (QED) is 0.615. The second-order valence-corrected chi connectivity index (χ2v) is 7.03. The van der Waals surface area contributed by atoms with E-state index in [1.165, 1.54) is 0 Å². The first kappa shape index (κ1) is 21.4. The monoisotopic (exact) mass is 411 g/mol. The van der Waals surface area contributed by atoms with Crippen LogP contribution in [0.1, 0.15) is 31.3 Å². The number of amides is 1. The maximum Gasteiger partial charge on any atom is 0.412 e. The maximum atomic E-state index is 12.2. The molecule has 1 amide bonds. The lowest BCUT2D eigenvalue weighted by molar-refractivity contribution is 0.110. The Kier molecular flexibility index (Phi) is 6.76. The number of hydrogen-bond acceptors (Lipinski definition) is 7. The van der Waals surface area contributed by atoms with E-state index in [1.54, 1.807) is 30.8 Å². The van der Waals surface area contributed by atoms with Crippen LogP contribution < -0.4 is 10.1 Å². The molecule has 0 fully saturated rings. The van der Waals surface area contributed by atoms with Crippen LogP contribution in [0.2, 0.25) is 0 Å². The van der Waals surface area contributed by atoms with Gasteiger partial charge in [-0.1, -0.05) is 29.8 Å². The van der Waals surface area contributed by atoms with Crippen molar-refractivity contribution in [2.45, 2.75) is 32.9 Å². The number of nitrogens with zero attached hydrogens (tertiary/aromatic N) is 4. The summed E-state index contributed by atoms with van der Waals surface area (Å²) in [4.78, 5) is 12.2. The van der Waals surface area contributed by atoms with E-state index in [-0.39, 0.29) is 12.7 Å². The van der Waals surface area contributed by atoms with Crippen LogP contribution in [0.3, 0.4) is 0 Å². The van der Waals surface area contributed by atoms with Gasteiger partial charge in [-0.25, -0.2) is 4.79 Å². The summed E-state index contributed by atoms with van der Waals surface area (Å²) in [6.07, 6.45) is -0.994. The number of nitrogens with one attached hydrogen (secondary N) is 1. The number of hydrogen-bond donors (Lipinski definition) is 2. The fourth-order valence-electron chi connectivity index (χ4n) is 2.80. The Bertz CT molecular complexity index is 1000. The summed E-state index contributed by atoms with van der Waals surface area (Å²) in [6, 6.07) is 12.9. The molecule has 0 aliphatic carbocycles. The minimum atomic E-state index is -0.661. The van der Waals surface area contributed by atoms with Crippen molar-refractivity contribution in [3.63, 3.8) is 0 Å². The Balaban J connectivity index is 2.04. The first-order chi connectivity index (χ1) is 14.4. The van der Waals surface area contributed by atoms with E-state index in [9.17, 15) is 4.79 Å². The third-order valence-corrected chi connectivity index (χ3v) is 4.58. The molecule has 158 valence electrons. The van der Waals surface area contributed by atoms with Crippen molar-refractivity contribution in [1.29, 1.82) is 0 Å². The molecule has 30 heavy (non-hydrogen) atoms. The molecule has 0 unspecified atom stereocenters. The zero-order valence-electron chi connectivity index (χ0n) is 17.4. The summed E-state index contributed by atoms with van der Waals surface area (Å²) in [7, 11) is 1.58. The van der Waals surface area contributed by atoms with E-state index in [0.29, 0.717) is 17.3 Å². The summed E-state index contributed by atoms with van der Waals surface area (Å²) < 4.78 is 12.4. The number of aryl methyl sites for hydroxylation is 1. The highest BCUT2D eigenvalue weighted by molar-refractivity contribution is 5.74. The van der Waals surface area contributed by atoms with Crippen LogP contribution in [0.5, 0.6) is 5.75 Å². The lowest BCUT2D eigenvalue weighted by Gasteiger charge is -2.15. The molecule has 2 aromatic carbocycles. The van der Waals surface area contributed by atoms with Crippen molar-refractivity contribution in [3.8, 4) is 22.6 Å². The van der Waals surface area contributed by atoms with Gasteiger partial charge in [-0.2, -0.15) is 4.68 Å². The minimum absolute atomic E-state index is 0.188. The third-order valence-electron chi connectivity index (χ3n) is 4.58. The Morgan fingerprint density at radius 3 is 2.57 bits per heavy atom. The Morgan fingerprint density at radius 2 is 1.90 bits per heavy atom. The molecule has 1 aromatic heterocycles. The lowest BCUT2D eigenvalue weighted by Crippen LogP contribution is -2.37. The molecule has 9 nitrogen and oxygen atoms in total. The van der Waals surface area contributed by atoms with Crippen molar-refractivity contribution >= 4 is 6.09 Å². The average molecular weight is 411 g/mol. The predicted molar refractivity (Wildman–Crippen MR) is 110 cm³/mol. The number of aliphatic hydroxyl groups excluding tert-OH is 1. The number of methoxy groups -OCH3 is 1. The molecule has 0 spiro atoms. The highest BCUT2D eigenvalue weighted by Crippen LogP contribution is 2.29. The summed E-state index contributed by atoms with van der Waals surface area (Å²) in [5, 5.41) is 23.6. The predicted octanol–water partition coefficient (Wildman–Crippen LogP) is 2.81. The average Bonchev–Trinajstić information content (AvgIpc) is 3.23. The number of ether oxygens (including phenoxy) is 2. The van der Waals surface area contributed by atoms with Crippen molar-refractivity contribution < 1.29 is 19.4 Å². The van der Waals surface area contributed by atoms with Gasteiger partial charge in [-0.05, 0) is 54.5 Å². The number of benzene rings is 2. The van der Waals surface area contributed by atoms with Gasteiger partial charge in [0.1, 0.15) is 11.9 Å². The Hall–Kier alpha value is -3.30. The van der Waals surface area contributed by atoms with Gasteiger partial charge in [0.2, 0.25) is 0 Å². The van der Waals surface area contributed by atoms with Gasteiger partial charge < -0.3 is 19.9 Å². The SMILES string of the molecule is CO[C@H](C)c1nnnn1-c1cc(OC(=O)N[C@@H](C)CO)cc(-c2ccc(C)cc2)c1. The molecule has 3 rings (SSSR count). The highest BCUT2D eigenvalue weighted by atomic mass is 16.6. The number of rotatable bonds is 7. The van der Waals surface area contributed by atoms with Gasteiger partial charge in [0.05, 0.1) is 18.3 Å².